The Balaban J connectivity index is 0.00000132. The highest BCUT2D eigenvalue weighted by molar-refractivity contribution is 7.85. The number of hydrogen-bond acceptors (Lipinski definition) is 5. The van der Waals surface area contributed by atoms with Crippen molar-refractivity contribution < 1.29 is 13.7 Å². The summed E-state index contributed by atoms with van der Waals surface area (Å²) in [6.07, 6.45) is 5.75. The van der Waals surface area contributed by atoms with Gasteiger partial charge in [-0.25, -0.2) is 4.21 Å². The number of anilines is 1. The SMILES string of the molecule is CC.NC1=NS(=O)Nc2cccc(OCC3CCCN(C(=O)Cc4ccncc4)C3)c21. The molecule has 1 saturated heterocycles. The topological polar surface area (TPSA) is 110 Å². The van der Waals surface area contributed by atoms with Crippen molar-refractivity contribution in [2.75, 3.05) is 24.4 Å². The van der Waals surface area contributed by atoms with Crippen molar-refractivity contribution in [3.8, 4) is 5.75 Å². The van der Waals surface area contributed by atoms with Gasteiger partial charge in [-0.2, -0.15) is 4.40 Å². The van der Waals surface area contributed by atoms with Crippen LogP contribution in [0.4, 0.5) is 5.69 Å². The van der Waals surface area contributed by atoms with E-state index in [0.29, 0.717) is 36.6 Å². The molecular weight excluding hydrogens is 414 g/mol. The van der Waals surface area contributed by atoms with E-state index in [9.17, 15) is 9.00 Å². The maximum atomic E-state index is 12.6. The number of rotatable bonds is 5. The van der Waals surface area contributed by atoms with Crippen LogP contribution < -0.4 is 15.2 Å². The predicted molar refractivity (Wildman–Crippen MR) is 123 cm³/mol. The molecule has 4 rings (SSSR count). The molecule has 0 bridgehead atoms. The average Bonchev–Trinajstić information content (AvgIpc) is 2.79. The zero-order valence-corrected chi connectivity index (χ0v) is 18.7. The number of aromatic nitrogens is 1. The number of amidine groups is 1. The molecule has 1 fully saturated rings. The van der Waals surface area contributed by atoms with Crippen LogP contribution in [0.25, 0.3) is 0 Å². The Hall–Kier alpha value is -2.94. The van der Waals surface area contributed by atoms with Crippen molar-refractivity contribution in [1.82, 2.24) is 9.88 Å². The van der Waals surface area contributed by atoms with Crippen molar-refractivity contribution in [1.29, 1.82) is 0 Å². The van der Waals surface area contributed by atoms with Gasteiger partial charge in [-0.15, -0.1) is 0 Å². The number of carbonyl (C=O) groups is 1. The van der Waals surface area contributed by atoms with Gasteiger partial charge in [0.15, 0.2) is 0 Å². The van der Waals surface area contributed by atoms with Gasteiger partial charge in [0, 0.05) is 31.4 Å². The molecule has 2 atom stereocenters. The van der Waals surface area contributed by atoms with E-state index in [4.69, 9.17) is 10.5 Å². The highest BCUT2D eigenvalue weighted by Crippen LogP contribution is 2.30. The number of benzene rings is 1. The van der Waals surface area contributed by atoms with Crippen LogP contribution >= 0.6 is 0 Å². The predicted octanol–water partition coefficient (Wildman–Crippen LogP) is 2.68. The second-order valence-electron chi connectivity index (χ2n) is 7.20. The maximum absolute atomic E-state index is 12.6. The Morgan fingerprint density at radius 1 is 1.29 bits per heavy atom. The van der Waals surface area contributed by atoms with Crippen LogP contribution in [0.5, 0.6) is 5.75 Å². The van der Waals surface area contributed by atoms with Crippen LogP contribution in [0.1, 0.15) is 37.8 Å². The first-order chi connectivity index (χ1) is 15.1. The van der Waals surface area contributed by atoms with Crippen LogP contribution in [-0.2, 0) is 22.4 Å². The lowest BCUT2D eigenvalue weighted by molar-refractivity contribution is -0.132. The lowest BCUT2D eigenvalue weighted by atomic mass is 9.98. The summed E-state index contributed by atoms with van der Waals surface area (Å²) in [5, 5.41) is 0. The van der Waals surface area contributed by atoms with Crippen LogP contribution in [0.15, 0.2) is 47.1 Å². The van der Waals surface area contributed by atoms with Gasteiger partial charge in [0.2, 0.25) is 17.1 Å². The molecule has 0 saturated carbocycles. The second kappa shape index (κ2) is 10.9. The van der Waals surface area contributed by atoms with Crippen LogP contribution in [0.3, 0.4) is 0 Å². The summed E-state index contributed by atoms with van der Waals surface area (Å²) < 4.78 is 24.3. The van der Waals surface area contributed by atoms with Crippen LogP contribution in [-0.4, -0.2) is 45.5 Å². The first kappa shape index (κ1) is 22.7. The summed E-state index contributed by atoms with van der Waals surface area (Å²) in [6, 6.07) is 9.18. The number of nitrogens with zero attached hydrogens (tertiary/aromatic N) is 3. The molecule has 2 aliphatic rings. The fraction of sp³-hybridized carbons (Fsp3) is 0.409. The Kier molecular flexibility index (Phi) is 8.00. The third-order valence-corrected chi connectivity index (χ3v) is 5.87. The first-order valence-corrected chi connectivity index (χ1v) is 11.7. The van der Waals surface area contributed by atoms with E-state index in [2.05, 4.69) is 14.1 Å². The lowest BCUT2D eigenvalue weighted by Crippen LogP contribution is -2.42. The quantitative estimate of drug-likeness (QED) is 0.738. The number of pyridine rings is 1. The number of nitrogens with two attached hydrogens (primary N) is 1. The van der Waals surface area contributed by atoms with E-state index in [-0.39, 0.29) is 17.7 Å². The number of hydrogen-bond donors (Lipinski definition) is 2. The molecule has 31 heavy (non-hydrogen) atoms. The molecule has 1 aromatic heterocycles. The summed E-state index contributed by atoms with van der Waals surface area (Å²) in [6.45, 7) is 5.92. The highest BCUT2D eigenvalue weighted by Gasteiger charge is 2.25. The fourth-order valence-corrected chi connectivity index (χ4v) is 4.35. The molecule has 2 aliphatic heterocycles. The van der Waals surface area contributed by atoms with Gasteiger partial charge < -0.3 is 15.4 Å². The van der Waals surface area contributed by atoms with Crippen LogP contribution in [0.2, 0.25) is 0 Å². The lowest BCUT2D eigenvalue weighted by Gasteiger charge is -2.33. The minimum Gasteiger partial charge on any atom is -0.492 e. The van der Waals surface area contributed by atoms with Crippen molar-refractivity contribution in [2.24, 2.45) is 16.0 Å². The first-order valence-electron chi connectivity index (χ1n) is 10.6. The summed E-state index contributed by atoms with van der Waals surface area (Å²) in [4.78, 5) is 18.6. The van der Waals surface area contributed by atoms with Crippen molar-refractivity contribution in [2.45, 2.75) is 33.1 Å². The number of likely N-dealkylation sites (tertiary alicyclic amines) is 1. The molecule has 2 aromatic rings. The fourth-order valence-electron chi connectivity index (χ4n) is 3.67. The monoisotopic (exact) mass is 443 g/mol. The third-order valence-electron chi connectivity index (χ3n) is 5.11. The molecule has 3 heterocycles. The summed E-state index contributed by atoms with van der Waals surface area (Å²) in [5.41, 5.74) is 8.21. The van der Waals surface area contributed by atoms with E-state index < -0.39 is 11.2 Å². The van der Waals surface area contributed by atoms with Crippen molar-refractivity contribution in [3.05, 3.63) is 53.9 Å². The molecule has 1 amide bonds. The number of ether oxygens (including phenoxy) is 1. The molecule has 1 aromatic carbocycles. The van der Waals surface area contributed by atoms with E-state index in [1.165, 1.54) is 0 Å². The van der Waals surface area contributed by atoms with Crippen molar-refractivity contribution >= 4 is 28.6 Å². The Bertz CT molecular complexity index is 951. The second-order valence-corrected chi connectivity index (χ2v) is 8.08. The zero-order chi connectivity index (χ0) is 22.2. The number of piperidine rings is 1. The maximum Gasteiger partial charge on any atom is 0.245 e. The largest absolute Gasteiger partial charge is 0.492 e. The van der Waals surface area contributed by atoms with Gasteiger partial charge in [0.05, 0.1) is 24.3 Å². The molecule has 0 aliphatic carbocycles. The standard InChI is InChI=1S/C20H23N5O3S.C2H6/c21-20-19-16(23-29(27)24-20)4-1-5-17(19)28-13-15-3-2-10-25(12-15)18(26)11-14-6-8-22-9-7-14;1-2/h1,4-9,15,23H,2-3,10-13H2,(H2,21,24);1-2H3. The molecule has 3 N–H and O–H groups in total. The van der Waals surface area contributed by atoms with E-state index in [1.807, 2.05) is 43.0 Å². The van der Waals surface area contributed by atoms with Crippen molar-refractivity contribution in [3.63, 3.8) is 0 Å². The smallest absolute Gasteiger partial charge is 0.245 e. The molecular formula is C22H29N5O3S. The molecule has 9 heteroatoms. The highest BCUT2D eigenvalue weighted by atomic mass is 32.2. The number of amides is 1. The molecule has 166 valence electrons. The third kappa shape index (κ3) is 5.81. The molecule has 0 radical (unpaired) electrons. The zero-order valence-electron chi connectivity index (χ0n) is 17.9. The Labute approximate surface area is 185 Å². The number of nitrogens with one attached hydrogen (secondary N) is 1. The minimum absolute atomic E-state index is 0.126. The normalized spacial score (nSPS) is 19.8. The Morgan fingerprint density at radius 3 is 2.84 bits per heavy atom. The van der Waals surface area contributed by atoms with E-state index >= 15 is 0 Å². The Morgan fingerprint density at radius 2 is 2.06 bits per heavy atom. The van der Waals surface area contributed by atoms with Gasteiger partial charge in [-0.05, 0) is 42.7 Å². The van der Waals surface area contributed by atoms with Crippen LogP contribution in [0, 0.1) is 5.92 Å². The summed E-state index contributed by atoms with van der Waals surface area (Å²) in [7, 11) is 0. The molecule has 2 unspecified atom stereocenters. The van der Waals surface area contributed by atoms with E-state index in [1.54, 1.807) is 18.5 Å². The van der Waals surface area contributed by atoms with Gasteiger partial charge in [-0.3, -0.25) is 14.5 Å². The minimum atomic E-state index is -1.57. The number of fused-ring (bicyclic) bond motifs is 1. The average molecular weight is 444 g/mol. The van der Waals surface area contributed by atoms with Gasteiger partial charge in [0.1, 0.15) is 11.6 Å². The van der Waals surface area contributed by atoms with Gasteiger partial charge in [-0.1, -0.05) is 19.9 Å². The number of carbonyl (C=O) groups excluding carboxylic acids is 1. The summed E-state index contributed by atoms with van der Waals surface area (Å²) in [5.74, 6) is 1.17. The molecule has 8 nitrogen and oxygen atoms in total. The van der Waals surface area contributed by atoms with Gasteiger partial charge in [0.25, 0.3) is 0 Å². The van der Waals surface area contributed by atoms with E-state index in [0.717, 1.165) is 24.9 Å². The molecule has 0 spiro atoms. The van der Waals surface area contributed by atoms with Gasteiger partial charge >= 0.3 is 0 Å². The summed E-state index contributed by atoms with van der Waals surface area (Å²) >= 11 is -1.57.